The standard InChI is InChI=1S/C25H37N5O9/c1-3-13(2)21(24(37)28-17(25(38)39)9-10-19(27)32)30-23(36)18(12-14-4-6-15(31)7-5-14)29-22(35)16(26)8-11-20(33)34/h4-7,13,16-18,21,31H,3,8-12,26H2,1-2H3,(H2,27,32)(H,28,37)(H,29,35)(H,30,36)(H,33,34)(H,38,39). The van der Waals surface area contributed by atoms with E-state index >= 15 is 0 Å². The van der Waals surface area contributed by atoms with E-state index in [0.29, 0.717) is 12.0 Å². The molecule has 0 heterocycles. The van der Waals surface area contributed by atoms with Crippen LogP contribution >= 0.6 is 0 Å². The van der Waals surface area contributed by atoms with Gasteiger partial charge in [-0.15, -0.1) is 0 Å². The number of phenols is 1. The molecular formula is C25H37N5O9. The molecule has 0 spiro atoms. The number of nitrogens with two attached hydrogens (primary N) is 2. The number of hydrogen-bond acceptors (Lipinski definition) is 8. The second-order valence-corrected chi connectivity index (χ2v) is 9.25. The highest BCUT2D eigenvalue weighted by Gasteiger charge is 2.33. The average Bonchev–Trinajstić information content (AvgIpc) is 2.87. The van der Waals surface area contributed by atoms with E-state index in [4.69, 9.17) is 16.6 Å². The summed E-state index contributed by atoms with van der Waals surface area (Å²) in [5, 5.41) is 35.2. The quantitative estimate of drug-likeness (QED) is 0.117. The maximum atomic E-state index is 13.3. The summed E-state index contributed by atoms with van der Waals surface area (Å²) in [4.78, 5) is 72.5. The Kier molecular flexibility index (Phi) is 13.4. The zero-order valence-electron chi connectivity index (χ0n) is 21.9. The summed E-state index contributed by atoms with van der Waals surface area (Å²) in [6, 6.07) is 0.749. The lowest BCUT2D eigenvalue weighted by Gasteiger charge is -2.28. The Morgan fingerprint density at radius 2 is 1.44 bits per heavy atom. The zero-order chi connectivity index (χ0) is 29.7. The lowest BCUT2D eigenvalue weighted by Crippen LogP contribution is -2.59. The van der Waals surface area contributed by atoms with E-state index in [1.807, 2.05) is 0 Å². The van der Waals surface area contributed by atoms with Gasteiger partial charge in [0, 0.05) is 19.3 Å². The fourth-order valence-electron chi connectivity index (χ4n) is 3.53. The highest BCUT2D eigenvalue weighted by Crippen LogP contribution is 2.14. The molecule has 0 radical (unpaired) electrons. The molecule has 1 aromatic rings. The minimum atomic E-state index is -1.42. The van der Waals surface area contributed by atoms with Crippen LogP contribution in [0.4, 0.5) is 0 Å². The van der Waals surface area contributed by atoms with Gasteiger partial charge in [0.1, 0.15) is 23.9 Å². The fourth-order valence-corrected chi connectivity index (χ4v) is 3.53. The molecule has 14 nitrogen and oxygen atoms in total. The van der Waals surface area contributed by atoms with Gasteiger partial charge in [-0.1, -0.05) is 32.4 Å². The Morgan fingerprint density at radius 3 is 1.95 bits per heavy atom. The van der Waals surface area contributed by atoms with Crippen molar-refractivity contribution in [1.29, 1.82) is 0 Å². The Balaban J connectivity index is 3.15. The molecule has 0 aromatic heterocycles. The molecule has 0 saturated carbocycles. The number of amides is 4. The molecule has 14 heteroatoms. The first-order valence-electron chi connectivity index (χ1n) is 12.4. The first kappa shape index (κ1) is 32.8. The van der Waals surface area contributed by atoms with Gasteiger partial charge in [-0.25, -0.2) is 4.79 Å². The number of primary amides is 1. The molecule has 0 aliphatic heterocycles. The average molecular weight is 552 g/mol. The smallest absolute Gasteiger partial charge is 0.326 e. The van der Waals surface area contributed by atoms with Crippen molar-refractivity contribution in [2.45, 2.75) is 76.5 Å². The van der Waals surface area contributed by atoms with Gasteiger partial charge in [-0.2, -0.15) is 0 Å². The maximum Gasteiger partial charge on any atom is 0.326 e. The van der Waals surface area contributed by atoms with Crippen molar-refractivity contribution in [3.63, 3.8) is 0 Å². The number of hydrogen-bond donors (Lipinski definition) is 8. The predicted octanol–water partition coefficient (Wildman–Crippen LogP) is -1.02. The normalized spacial score (nSPS) is 14.6. The third-order valence-corrected chi connectivity index (χ3v) is 6.10. The van der Waals surface area contributed by atoms with Gasteiger partial charge in [0.05, 0.1) is 6.04 Å². The molecule has 0 aliphatic rings. The minimum absolute atomic E-state index is 0.0164. The summed E-state index contributed by atoms with van der Waals surface area (Å²) < 4.78 is 0. The molecule has 4 amide bonds. The van der Waals surface area contributed by atoms with Crippen LogP contribution in [0.2, 0.25) is 0 Å². The third-order valence-electron chi connectivity index (χ3n) is 6.10. The van der Waals surface area contributed by atoms with E-state index in [1.54, 1.807) is 13.8 Å². The predicted molar refractivity (Wildman–Crippen MR) is 138 cm³/mol. The first-order chi connectivity index (χ1) is 18.2. The van der Waals surface area contributed by atoms with Gasteiger partial charge in [-0.3, -0.25) is 24.0 Å². The summed E-state index contributed by atoms with van der Waals surface area (Å²) in [6.45, 7) is 3.43. The molecule has 0 bridgehead atoms. The van der Waals surface area contributed by atoms with Gasteiger partial charge in [0.15, 0.2) is 0 Å². The number of phenolic OH excluding ortho intramolecular Hbond substituents is 1. The summed E-state index contributed by atoms with van der Waals surface area (Å²) in [7, 11) is 0. The Morgan fingerprint density at radius 1 is 0.846 bits per heavy atom. The van der Waals surface area contributed by atoms with Crippen molar-refractivity contribution in [3.05, 3.63) is 29.8 Å². The molecule has 5 atom stereocenters. The number of carbonyl (C=O) groups is 6. The molecular weight excluding hydrogens is 514 g/mol. The Bertz CT molecular complexity index is 1030. The molecule has 39 heavy (non-hydrogen) atoms. The van der Waals surface area contributed by atoms with Crippen molar-refractivity contribution in [3.8, 4) is 5.75 Å². The summed E-state index contributed by atoms with van der Waals surface area (Å²) >= 11 is 0. The second-order valence-electron chi connectivity index (χ2n) is 9.25. The molecule has 216 valence electrons. The van der Waals surface area contributed by atoms with Crippen LogP contribution in [0.25, 0.3) is 0 Å². The van der Waals surface area contributed by atoms with Gasteiger partial charge in [-0.05, 0) is 36.5 Å². The van der Waals surface area contributed by atoms with Crippen molar-refractivity contribution in [1.82, 2.24) is 16.0 Å². The van der Waals surface area contributed by atoms with Crippen molar-refractivity contribution >= 4 is 35.6 Å². The topological polar surface area (TPSA) is 251 Å². The number of carboxylic acids is 2. The molecule has 0 fully saturated rings. The monoisotopic (exact) mass is 551 g/mol. The van der Waals surface area contributed by atoms with Crippen LogP contribution in [-0.2, 0) is 35.2 Å². The van der Waals surface area contributed by atoms with E-state index in [1.165, 1.54) is 24.3 Å². The highest BCUT2D eigenvalue weighted by molar-refractivity contribution is 5.94. The molecule has 0 aliphatic carbocycles. The van der Waals surface area contributed by atoms with Crippen molar-refractivity contribution in [2.75, 3.05) is 0 Å². The number of benzene rings is 1. The fraction of sp³-hybridized carbons (Fsp3) is 0.520. The van der Waals surface area contributed by atoms with Crippen LogP contribution in [0.3, 0.4) is 0 Å². The van der Waals surface area contributed by atoms with E-state index < -0.39 is 65.7 Å². The van der Waals surface area contributed by atoms with Crippen LogP contribution in [0.5, 0.6) is 5.75 Å². The van der Waals surface area contributed by atoms with Crippen LogP contribution in [0, 0.1) is 5.92 Å². The largest absolute Gasteiger partial charge is 0.508 e. The molecule has 1 aromatic carbocycles. The van der Waals surface area contributed by atoms with Crippen LogP contribution in [0.1, 0.15) is 51.5 Å². The van der Waals surface area contributed by atoms with Crippen LogP contribution in [-0.4, -0.2) is 75.1 Å². The summed E-state index contributed by atoms with van der Waals surface area (Å²) in [5.41, 5.74) is 11.4. The lowest BCUT2D eigenvalue weighted by atomic mass is 9.96. The molecule has 5 unspecified atom stereocenters. The molecule has 1 rings (SSSR count). The zero-order valence-corrected chi connectivity index (χ0v) is 21.9. The Hall–Kier alpha value is -4.20. The lowest BCUT2D eigenvalue weighted by molar-refractivity contribution is -0.143. The van der Waals surface area contributed by atoms with E-state index in [2.05, 4.69) is 16.0 Å². The maximum absolute atomic E-state index is 13.3. The SMILES string of the molecule is CCC(C)C(NC(=O)C(Cc1ccc(O)cc1)NC(=O)C(N)CCC(=O)O)C(=O)NC(CCC(N)=O)C(=O)O. The molecule has 0 saturated heterocycles. The van der Waals surface area contributed by atoms with Crippen molar-refractivity contribution < 1.29 is 44.1 Å². The minimum Gasteiger partial charge on any atom is -0.508 e. The van der Waals surface area contributed by atoms with E-state index in [9.17, 15) is 39.0 Å². The number of aliphatic carboxylic acids is 2. The second kappa shape index (κ2) is 15.9. The van der Waals surface area contributed by atoms with Gasteiger partial charge in [0.25, 0.3) is 0 Å². The van der Waals surface area contributed by atoms with Crippen LogP contribution < -0.4 is 27.4 Å². The van der Waals surface area contributed by atoms with Crippen LogP contribution in [0.15, 0.2) is 24.3 Å². The van der Waals surface area contributed by atoms with Gasteiger partial charge >= 0.3 is 11.9 Å². The third kappa shape index (κ3) is 11.8. The number of aromatic hydroxyl groups is 1. The summed E-state index contributed by atoms with van der Waals surface area (Å²) in [5.74, 6) is -6.09. The first-order valence-corrected chi connectivity index (χ1v) is 12.4. The Labute approximate surface area is 225 Å². The van der Waals surface area contributed by atoms with Crippen molar-refractivity contribution in [2.24, 2.45) is 17.4 Å². The van der Waals surface area contributed by atoms with Gasteiger partial charge in [0.2, 0.25) is 23.6 Å². The highest BCUT2D eigenvalue weighted by atomic mass is 16.4. The number of nitrogens with one attached hydrogen (secondary N) is 3. The number of carbonyl (C=O) groups excluding carboxylic acids is 4. The van der Waals surface area contributed by atoms with E-state index in [-0.39, 0.29) is 37.9 Å². The van der Waals surface area contributed by atoms with Gasteiger partial charge < -0.3 is 42.7 Å². The van der Waals surface area contributed by atoms with E-state index in [0.717, 1.165) is 0 Å². The molecule has 10 N–H and O–H groups in total. The summed E-state index contributed by atoms with van der Waals surface area (Å²) in [6.07, 6.45) is -0.693. The number of rotatable bonds is 17. The number of carboxylic acid groups (broad SMARTS) is 2.